The van der Waals surface area contributed by atoms with Crippen molar-refractivity contribution in [2.45, 2.75) is 6.61 Å². The Kier molecular flexibility index (Phi) is 5.02. The van der Waals surface area contributed by atoms with Crippen LogP contribution in [0, 0.1) is 0 Å². The average Bonchev–Trinajstić information content (AvgIpc) is 2.62. The van der Waals surface area contributed by atoms with Crippen molar-refractivity contribution in [2.75, 3.05) is 0 Å². The minimum atomic E-state index is -2.83. The molecular weight excluding hydrogens is 306 g/mol. The maximum absolute atomic E-state index is 12.4. The van der Waals surface area contributed by atoms with Crippen LogP contribution in [0.4, 0.5) is 8.78 Å². The molecule has 3 heteroatoms. The molecule has 120 valence electrons. The number of benzene rings is 3. The van der Waals surface area contributed by atoms with E-state index in [0.29, 0.717) is 5.56 Å². The van der Waals surface area contributed by atoms with Crippen molar-refractivity contribution in [1.82, 2.24) is 0 Å². The van der Waals surface area contributed by atoms with Crippen LogP contribution in [0.25, 0.3) is 23.3 Å². The van der Waals surface area contributed by atoms with Crippen LogP contribution in [0.15, 0.2) is 78.9 Å². The van der Waals surface area contributed by atoms with Gasteiger partial charge in [0.1, 0.15) is 5.75 Å². The van der Waals surface area contributed by atoms with E-state index in [1.165, 1.54) is 6.07 Å². The molecule has 0 aliphatic heterocycles. The maximum atomic E-state index is 12.4. The zero-order valence-electron chi connectivity index (χ0n) is 12.9. The third-order valence-electron chi connectivity index (χ3n) is 3.61. The lowest BCUT2D eigenvalue weighted by molar-refractivity contribution is -0.0499. The standard InChI is InChI=1S/C21H16F2O/c22-21(23)24-20-9-5-4-8-19(20)15-12-16-10-13-18(14-11-16)17-6-2-1-3-7-17/h1-15,21H/b15-12+. The van der Waals surface area contributed by atoms with Crippen molar-refractivity contribution in [3.8, 4) is 16.9 Å². The second-order valence-electron chi connectivity index (χ2n) is 5.24. The van der Waals surface area contributed by atoms with Gasteiger partial charge in [0.2, 0.25) is 0 Å². The number of hydrogen-bond acceptors (Lipinski definition) is 1. The molecule has 3 rings (SSSR count). The molecule has 0 amide bonds. The normalized spacial score (nSPS) is 11.1. The highest BCUT2D eigenvalue weighted by molar-refractivity contribution is 5.74. The molecule has 3 aromatic carbocycles. The molecule has 0 spiro atoms. The number of para-hydroxylation sites is 1. The third kappa shape index (κ3) is 4.07. The first-order chi connectivity index (χ1) is 11.7. The highest BCUT2D eigenvalue weighted by Gasteiger charge is 2.06. The fourth-order valence-electron chi connectivity index (χ4n) is 2.42. The van der Waals surface area contributed by atoms with E-state index >= 15 is 0 Å². The van der Waals surface area contributed by atoms with Crippen molar-refractivity contribution in [2.24, 2.45) is 0 Å². The van der Waals surface area contributed by atoms with E-state index < -0.39 is 6.61 Å². The van der Waals surface area contributed by atoms with Crippen molar-refractivity contribution in [3.63, 3.8) is 0 Å². The Hall–Kier alpha value is -2.94. The van der Waals surface area contributed by atoms with E-state index in [1.807, 2.05) is 48.5 Å². The predicted octanol–water partition coefficient (Wildman–Crippen LogP) is 6.13. The Bertz CT molecular complexity index is 809. The van der Waals surface area contributed by atoms with E-state index in [2.05, 4.69) is 16.9 Å². The molecule has 0 N–H and O–H groups in total. The van der Waals surface area contributed by atoms with Gasteiger partial charge >= 0.3 is 6.61 Å². The Morgan fingerprint density at radius 2 is 1.29 bits per heavy atom. The van der Waals surface area contributed by atoms with Gasteiger partial charge in [-0.25, -0.2) is 0 Å². The molecule has 0 aliphatic carbocycles. The van der Waals surface area contributed by atoms with Crippen LogP contribution in [0.3, 0.4) is 0 Å². The van der Waals surface area contributed by atoms with Gasteiger partial charge < -0.3 is 4.74 Å². The van der Waals surface area contributed by atoms with E-state index in [-0.39, 0.29) is 5.75 Å². The van der Waals surface area contributed by atoms with Crippen molar-refractivity contribution in [1.29, 1.82) is 0 Å². The Morgan fingerprint density at radius 3 is 2.00 bits per heavy atom. The highest BCUT2D eigenvalue weighted by atomic mass is 19.3. The summed E-state index contributed by atoms with van der Waals surface area (Å²) in [6.45, 7) is -2.83. The first-order valence-electron chi connectivity index (χ1n) is 7.60. The van der Waals surface area contributed by atoms with Crippen LogP contribution in [0.1, 0.15) is 11.1 Å². The molecule has 0 heterocycles. The molecule has 3 aromatic rings. The van der Waals surface area contributed by atoms with Gasteiger partial charge in [-0.05, 0) is 22.8 Å². The molecule has 0 atom stereocenters. The third-order valence-corrected chi connectivity index (χ3v) is 3.61. The summed E-state index contributed by atoms with van der Waals surface area (Å²) in [5.41, 5.74) is 3.89. The average molecular weight is 322 g/mol. The molecule has 0 saturated heterocycles. The molecular formula is C21H16F2O. The fourth-order valence-corrected chi connectivity index (χ4v) is 2.42. The molecule has 0 saturated carbocycles. The number of rotatable bonds is 5. The fraction of sp³-hybridized carbons (Fsp3) is 0.0476. The van der Waals surface area contributed by atoms with E-state index in [1.54, 1.807) is 24.3 Å². The Labute approximate surface area is 139 Å². The first kappa shape index (κ1) is 15.9. The van der Waals surface area contributed by atoms with Crippen LogP contribution in [-0.4, -0.2) is 6.61 Å². The van der Waals surface area contributed by atoms with Gasteiger partial charge in [-0.2, -0.15) is 8.78 Å². The lowest BCUT2D eigenvalue weighted by atomic mass is 10.0. The summed E-state index contributed by atoms with van der Waals surface area (Å²) in [5.74, 6) is 0.171. The lowest BCUT2D eigenvalue weighted by Gasteiger charge is -2.07. The first-order valence-corrected chi connectivity index (χ1v) is 7.60. The van der Waals surface area contributed by atoms with Gasteiger partial charge in [0.25, 0.3) is 0 Å². The number of alkyl halides is 2. The van der Waals surface area contributed by atoms with Gasteiger partial charge in [-0.15, -0.1) is 0 Å². The molecule has 0 aromatic heterocycles. The molecule has 24 heavy (non-hydrogen) atoms. The van der Waals surface area contributed by atoms with E-state index in [9.17, 15) is 8.78 Å². The van der Waals surface area contributed by atoms with Crippen LogP contribution in [0.5, 0.6) is 5.75 Å². The van der Waals surface area contributed by atoms with E-state index in [0.717, 1.165) is 16.7 Å². The predicted molar refractivity (Wildman–Crippen MR) is 93.9 cm³/mol. The van der Waals surface area contributed by atoms with Crippen LogP contribution in [0.2, 0.25) is 0 Å². The lowest BCUT2D eigenvalue weighted by Crippen LogP contribution is -2.02. The second-order valence-corrected chi connectivity index (χ2v) is 5.24. The largest absolute Gasteiger partial charge is 0.434 e. The number of halogens is 2. The number of hydrogen-bond donors (Lipinski definition) is 0. The molecule has 1 nitrogen and oxygen atoms in total. The highest BCUT2D eigenvalue weighted by Crippen LogP contribution is 2.24. The van der Waals surface area contributed by atoms with Gasteiger partial charge in [-0.1, -0.05) is 84.9 Å². The molecule has 0 fully saturated rings. The summed E-state index contributed by atoms with van der Waals surface area (Å²) >= 11 is 0. The minimum Gasteiger partial charge on any atom is -0.434 e. The quantitative estimate of drug-likeness (QED) is 0.514. The van der Waals surface area contributed by atoms with Crippen molar-refractivity contribution in [3.05, 3.63) is 90.0 Å². The van der Waals surface area contributed by atoms with Crippen LogP contribution >= 0.6 is 0 Å². The summed E-state index contributed by atoms with van der Waals surface area (Å²) in [6.07, 6.45) is 3.65. The molecule has 0 bridgehead atoms. The van der Waals surface area contributed by atoms with Gasteiger partial charge in [0.05, 0.1) is 0 Å². The summed E-state index contributed by atoms with van der Waals surface area (Å²) in [5, 5.41) is 0. The zero-order chi connectivity index (χ0) is 16.8. The van der Waals surface area contributed by atoms with Crippen molar-refractivity contribution < 1.29 is 13.5 Å². The monoisotopic (exact) mass is 322 g/mol. The summed E-state index contributed by atoms with van der Waals surface area (Å²) < 4.78 is 29.4. The Morgan fingerprint density at radius 1 is 0.667 bits per heavy atom. The summed E-state index contributed by atoms with van der Waals surface area (Å²) in [6, 6.07) is 24.9. The molecule has 0 aliphatic rings. The zero-order valence-corrected chi connectivity index (χ0v) is 12.9. The summed E-state index contributed by atoms with van der Waals surface area (Å²) in [4.78, 5) is 0. The van der Waals surface area contributed by atoms with E-state index in [4.69, 9.17) is 0 Å². The SMILES string of the molecule is FC(F)Oc1ccccc1/C=C/c1ccc(-c2ccccc2)cc1. The van der Waals surface area contributed by atoms with Crippen molar-refractivity contribution >= 4 is 12.2 Å². The van der Waals surface area contributed by atoms with Gasteiger partial charge in [0, 0.05) is 5.56 Å². The second kappa shape index (κ2) is 7.55. The van der Waals surface area contributed by atoms with Crippen LogP contribution in [-0.2, 0) is 0 Å². The number of ether oxygens (including phenoxy) is 1. The van der Waals surface area contributed by atoms with Gasteiger partial charge in [-0.3, -0.25) is 0 Å². The van der Waals surface area contributed by atoms with Gasteiger partial charge in [0.15, 0.2) is 0 Å². The maximum Gasteiger partial charge on any atom is 0.387 e. The molecule has 0 unspecified atom stereocenters. The smallest absolute Gasteiger partial charge is 0.387 e. The van der Waals surface area contributed by atoms with Crippen LogP contribution < -0.4 is 4.74 Å². The summed E-state index contributed by atoms with van der Waals surface area (Å²) in [7, 11) is 0. The molecule has 0 radical (unpaired) electrons. The minimum absolute atomic E-state index is 0.171. The Balaban J connectivity index is 1.78. The topological polar surface area (TPSA) is 9.23 Å².